The average Bonchev–Trinajstić information content (AvgIpc) is 2.18. The predicted octanol–water partition coefficient (Wildman–Crippen LogP) is 3.79. The van der Waals surface area contributed by atoms with Crippen molar-refractivity contribution in [3.63, 3.8) is 0 Å². The number of benzene rings is 1. The highest BCUT2D eigenvalue weighted by Gasteiger charge is 2.21. The van der Waals surface area contributed by atoms with Crippen LogP contribution in [-0.2, 0) is 0 Å². The summed E-state index contributed by atoms with van der Waals surface area (Å²) in [5, 5.41) is 0. The number of hydrogen-bond acceptors (Lipinski definition) is 2. The van der Waals surface area contributed by atoms with Gasteiger partial charge in [-0.15, -0.1) is 0 Å². The highest BCUT2D eigenvalue weighted by molar-refractivity contribution is 9.10. The third-order valence-electron chi connectivity index (χ3n) is 1.83. The van der Waals surface area contributed by atoms with Crippen LogP contribution >= 0.6 is 15.9 Å². The molecule has 1 aromatic carbocycles. The lowest BCUT2D eigenvalue weighted by Gasteiger charge is -2.14. The first kappa shape index (κ1) is 12.2. The first-order valence-electron chi connectivity index (χ1n) is 4.39. The summed E-state index contributed by atoms with van der Waals surface area (Å²) in [4.78, 5) is 0. The molecule has 0 aliphatic rings. The zero-order chi connectivity index (χ0) is 11.4. The smallest absolute Gasteiger partial charge is 0.268 e. The van der Waals surface area contributed by atoms with E-state index in [1.54, 1.807) is 13.0 Å². The van der Waals surface area contributed by atoms with Crippen LogP contribution in [0.4, 0.5) is 8.78 Å². The van der Waals surface area contributed by atoms with Gasteiger partial charge in [-0.1, -0.05) is 15.9 Å². The Morgan fingerprint density at radius 2 is 2.07 bits per heavy atom. The lowest BCUT2D eigenvalue weighted by Crippen LogP contribution is -2.01. The second kappa shape index (κ2) is 5.30. The minimum atomic E-state index is -2.60. The molecule has 0 aliphatic heterocycles. The molecular weight excluding hydrogens is 270 g/mol. The summed E-state index contributed by atoms with van der Waals surface area (Å²) in [6, 6.07) is 3.10. The SMILES string of the molecule is CCOc1c(OC)ccc(Br)c1C(F)F. The summed E-state index contributed by atoms with van der Waals surface area (Å²) >= 11 is 3.07. The number of alkyl halides is 2. The van der Waals surface area contributed by atoms with Crippen LogP contribution in [0.5, 0.6) is 11.5 Å². The molecule has 84 valence electrons. The van der Waals surface area contributed by atoms with Gasteiger partial charge in [0.05, 0.1) is 19.3 Å². The maximum absolute atomic E-state index is 12.8. The molecule has 0 N–H and O–H groups in total. The monoisotopic (exact) mass is 280 g/mol. The lowest BCUT2D eigenvalue weighted by atomic mass is 10.2. The van der Waals surface area contributed by atoms with E-state index < -0.39 is 6.43 Å². The molecule has 15 heavy (non-hydrogen) atoms. The van der Waals surface area contributed by atoms with Gasteiger partial charge in [0.15, 0.2) is 11.5 Å². The van der Waals surface area contributed by atoms with Crippen molar-refractivity contribution in [2.24, 2.45) is 0 Å². The van der Waals surface area contributed by atoms with Crippen molar-refractivity contribution in [3.8, 4) is 11.5 Å². The molecule has 0 atom stereocenters. The van der Waals surface area contributed by atoms with Crippen LogP contribution in [0, 0.1) is 0 Å². The van der Waals surface area contributed by atoms with Crippen LogP contribution in [0.15, 0.2) is 16.6 Å². The summed E-state index contributed by atoms with van der Waals surface area (Å²) in [5.41, 5.74) is -0.170. The highest BCUT2D eigenvalue weighted by atomic mass is 79.9. The number of halogens is 3. The van der Waals surface area contributed by atoms with E-state index in [1.165, 1.54) is 13.2 Å². The molecule has 0 fully saturated rings. The number of hydrogen-bond donors (Lipinski definition) is 0. The molecule has 0 amide bonds. The van der Waals surface area contributed by atoms with Gasteiger partial charge in [0, 0.05) is 4.47 Å². The fraction of sp³-hybridized carbons (Fsp3) is 0.400. The van der Waals surface area contributed by atoms with E-state index >= 15 is 0 Å². The predicted molar refractivity (Wildman–Crippen MR) is 56.8 cm³/mol. The van der Waals surface area contributed by atoms with E-state index in [0.29, 0.717) is 16.8 Å². The number of rotatable bonds is 4. The van der Waals surface area contributed by atoms with Crippen molar-refractivity contribution in [1.29, 1.82) is 0 Å². The van der Waals surface area contributed by atoms with Crippen LogP contribution in [0.3, 0.4) is 0 Å². The molecule has 0 aliphatic carbocycles. The Kier molecular flexibility index (Phi) is 4.32. The summed E-state index contributed by atoms with van der Waals surface area (Å²) in [6.07, 6.45) is -2.60. The topological polar surface area (TPSA) is 18.5 Å². The molecule has 0 bridgehead atoms. The maximum atomic E-state index is 12.8. The van der Waals surface area contributed by atoms with Crippen molar-refractivity contribution >= 4 is 15.9 Å². The van der Waals surface area contributed by atoms with Gasteiger partial charge in [-0.25, -0.2) is 8.78 Å². The highest BCUT2D eigenvalue weighted by Crippen LogP contribution is 2.41. The summed E-state index contributed by atoms with van der Waals surface area (Å²) in [7, 11) is 1.42. The van der Waals surface area contributed by atoms with E-state index in [-0.39, 0.29) is 11.3 Å². The van der Waals surface area contributed by atoms with Crippen molar-refractivity contribution in [2.75, 3.05) is 13.7 Å². The molecule has 0 spiro atoms. The van der Waals surface area contributed by atoms with Gasteiger partial charge >= 0.3 is 0 Å². The normalized spacial score (nSPS) is 10.5. The minimum Gasteiger partial charge on any atom is -0.493 e. The Labute approximate surface area is 95.3 Å². The van der Waals surface area contributed by atoms with Crippen LogP contribution in [0.1, 0.15) is 18.9 Å². The van der Waals surface area contributed by atoms with E-state index in [2.05, 4.69) is 15.9 Å². The van der Waals surface area contributed by atoms with Gasteiger partial charge < -0.3 is 9.47 Å². The van der Waals surface area contributed by atoms with Crippen LogP contribution in [-0.4, -0.2) is 13.7 Å². The molecule has 0 unspecified atom stereocenters. The van der Waals surface area contributed by atoms with Crippen molar-refractivity contribution < 1.29 is 18.3 Å². The summed E-state index contributed by atoms with van der Waals surface area (Å²) in [6.45, 7) is 2.04. The molecule has 0 saturated heterocycles. The van der Waals surface area contributed by atoms with Crippen molar-refractivity contribution in [3.05, 3.63) is 22.2 Å². The van der Waals surface area contributed by atoms with E-state index in [9.17, 15) is 8.78 Å². The molecule has 0 radical (unpaired) electrons. The zero-order valence-electron chi connectivity index (χ0n) is 8.39. The Balaban J connectivity index is 3.30. The minimum absolute atomic E-state index is 0.101. The van der Waals surface area contributed by atoms with Crippen molar-refractivity contribution in [2.45, 2.75) is 13.3 Å². The van der Waals surface area contributed by atoms with Gasteiger partial charge in [-0.3, -0.25) is 0 Å². The van der Waals surface area contributed by atoms with Crippen LogP contribution < -0.4 is 9.47 Å². The van der Waals surface area contributed by atoms with Crippen LogP contribution in [0.25, 0.3) is 0 Å². The quantitative estimate of drug-likeness (QED) is 0.835. The van der Waals surface area contributed by atoms with E-state index in [0.717, 1.165) is 0 Å². The fourth-order valence-corrected chi connectivity index (χ4v) is 1.70. The third kappa shape index (κ3) is 2.59. The van der Waals surface area contributed by atoms with E-state index in [1.807, 2.05) is 0 Å². The van der Waals surface area contributed by atoms with Gasteiger partial charge in [-0.2, -0.15) is 0 Å². The van der Waals surface area contributed by atoms with Crippen molar-refractivity contribution in [1.82, 2.24) is 0 Å². The largest absolute Gasteiger partial charge is 0.493 e. The molecule has 2 nitrogen and oxygen atoms in total. The Hall–Kier alpha value is -0.840. The molecule has 1 aromatic rings. The summed E-state index contributed by atoms with van der Waals surface area (Å²) < 4.78 is 36.0. The molecular formula is C10H11BrF2O2. The zero-order valence-corrected chi connectivity index (χ0v) is 9.98. The lowest BCUT2D eigenvalue weighted by molar-refractivity contribution is 0.143. The molecule has 5 heteroatoms. The van der Waals surface area contributed by atoms with Gasteiger partial charge in [0.2, 0.25) is 0 Å². The number of ether oxygens (including phenoxy) is 2. The van der Waals surface area contributed by atoms with Crippen LogP contribution in [0.2, 0.25) is 0 Å². The summed E-state index contributed by atoms with van der Waals surface area (Å²) in [5.74, 6) is 0.416. The molecule has 0 saturated carbocycles. The standard InChI is InChI=1S/C10H11BrF2O2/c1-3-15-9-7(14-2)5-4-6(11)8(9)10(12)13/h4-5,10H,3H2,1-2H3. The van der Waals surface area contributed by atoms with Gasteiger partial charge in [0.1, 0.15) is 0 Å². The fourth-order valence-electron chi connectivity index (χ4n) is 1.21. The second-order valence-corrected chi connectivity index (χ2v) is 3.58. The average molecular weight is 281 g/mol. The molecule has 0 aromatic heterocycles. The maximum Gasteiger partial charge on any atom is 0.268 e. The Bertz CT molecular complexity index is 342. The second-order valence-electron chi connectivity index (χ2n) is 2.73. The first-order chi connectivity index (χ1) is 7.11. The Morgan fingerprint density at radius 3 is 2.53 bits per heavy atom. The van der Waals surface area contributed by atoms with Gasteiger partial charge in [-0.05, 0) is 19.1 Å². The van der Waals surface area contributed by atoms with E-state index in [4.69, 9.17) is 9.47 Å². The first-order valence-corrected chi connectivity index (χ1v) is 5.18. The molecule has 1 rings (SSSR count). The molecule has 0 heterocycles. The number of methoxy groups -OCH3 is 1. The Morgan fingerprint density at radius 1 is 1.40 bits per heavy atom. The third-order valence-corrected chi connectivity index (χ3v) is 2.53. The van der Waals surface area contributed by atoms with Gasteiger partial charge in [0.25, 0.3) is 6.43 Å².